The Morgan fingerprint density at radius 2 is 2.14 bits per heavy atom. The Morgan fingerprint density at radius 3 is 2.64 bits per heavy atom. The third-order valence-corrected chi connectivity index (χ3v) is 2.68. The van der Waals surface area contributed by atoms with Gasteiger partial charge < -0.3 is 5.32 Å². The maximum Gasteiger partial charge on any atom is 0.106 e. The van der Waals surface area contributed by atoms with E-state index in [1.54, 1.807) is 0 Å². The van der Waals surface area contributed by atoms with Crippen molar-refractivity contribution in [1.29, 1.82) is 0 Å². The fourth-order valence-electron chi connectivity index (χ4n) is 1.56. The standard InChI is InChI=1S/C9H11BrN2.2ClH/c10-9-4-3-7(6-12-9)8-2-1-5-11-8;;/h3-4,6,8,11H,1-2,5H2;2*1H. The molecule has 0 bridgehead atoms. The van der Waals surface area contributed by atoms with Crippen molar-refractivity contribution in [2.75, 3.05) is 6.54 Å². The van der Waals surface area contributed by atoms with Gasteiger partial charge in [0.1, 0.15) is 4.60 Å². The van der Waals surface area contributed by atoms with Crippen LogP contribution >= 0.6 is 40.7 Å². The maximum absolute atomic E-state index is 4.20. The first kappa shape index (κ1) is 14.2. The van der Waals surface area contributed by atoms with Crippen LogP contribution in [0.25, 0.3) is 0 Å². The van der Waals surface area contributed by atoms with Gasteiger partial charge in [-0.15, -0.1) is 24.8 Å². The first-order valence-corrected chi connectivity index (χ1v) is 5.00. The van der Waals surface area contributed by atoms with Gasteiger partial charge in [-0.2, -0.15) is 0 Å². The van der Waals surface area contributed by atoms with Crippen LogP contribution in [0, 0.1) is 0 Å². The van der Waals surface area contributed by atoms with Gasteiger partial charge in [0.05, 0.1) is 0 Å². The zero-order valence-corrected chi connectivity index (χ0v) is 10.8. The molecule has 1 saturated heterocycles. The minimum Gasteiger partial charge on any atom is -0.310 e. The highest BCUT2D eigenvalue weighted by molar-refractivity contribution is 9.10. The molecular formula is C9H13BrCl2N2. The van der Waals surface area contributed by atoms with Crippen molar-refractivity contribution in [3.63, 3.8) is 0 Å². The third kappa shape index (κ3) is 3.39. The van der Waals surface area contributed by atoms with Gasteiger partial charge in [-0.1, -0.05) is 6.07 Å². The number of hydrogen-bond acceptors (Lipinski definition) is 2. The maximum atomic E-state index is 4.20. The van der Waals surface area contributed by atoms with Crippen LogP contribution in [0.3, 0.4) is 0 Å². The number of pyridine rings is 1. The summed E-state index contributed by atoms with van der Waals surface area (Å²) in [5.74, 6) is 0. The number of nitrogens with zero attached hydrogens (tertiary/aromatic N) is 1. The average Bonchev–Trinajstić information content (AvgIpc) is 2.58. The third-order valence-electron chi connectivity index (χ3n) is 2.21. The van der Waals surface area contributed by atoms with Crippen molar-refractivity contribution in [2.24, 2.45) is 0 Å². The van der Waals surface area contributed by atoms with E-state index < -0.39 is 0 Å². The van der Waals surface area contributed by atoms with Crippen molar-refractivity contribution in [3.05, 3.63) is 28.5 Å². The smallest absolute Gasteiger partial charge is 0.106 e. The second-order valence-corrected chi connectivity index (χ2v) is 3.88. The van der Waals surface area contributed by atoms with Crippen LogP contribution in [-0.4, -0.2) is 11.5 Å². The molecule has 1 fully saturated rings. The predicted molar refractivity (Wildman–Crippen MR) is 66.4 cm³/mol. The topological polar surface area (TPSA) is 24.9 Å². The van der Waals surface area contributed by atoms with Crippen molar-refractivity contribution in [3.8, 4) is 0 Å². The molecule has 1 unspecified atom stereocenters. The van der Waals surface area contributed by atoms with Gasteiger partial charge >= 0.3 is 0 Å². The molecule has 1 aromatic heterocycles. The Labute approximate surface area is 105 Å². The van der Waals surface area contributed by atoms with Gasteiger partial charge in [-0.05, 0) is 46.9 Å². The molecule has 0 aliphatic carbocycles. The van der Waals surface area contributed by atoms with Crippen LogP contribution in [0.2, 0.25) is 0 Å². The molecular weight excluding hydrogens is 287 g/mol. The highest BCUT2D eigenvalue weighted by Crippen LogP contribution is 2.22. The monoisotopic (exact) mass is 298 g/mol. The molecule has 1 aliphatic heterocycles. The van der Waals surface area contributed by atoms with Crippen molar-refractivity contribution in [2.45, 2.75) is 18.9 Å². The van der Waals surface area contributed by atoms with Gasteiger partial charge in [-0.3, -0.25) is 0 Å². The molecule has 1 aromatic rings. The van der Waals surface area contributed by atoms with Crippen LogP contribution in [0.4, 0.5) is 0 Å². The summed E-state index contributed by atoms with van der Waals surface area (Å²) in [5.41, 5.74) is 1.30. The Morgan fingerprint density at radius 1 is 1.36 bits per heavy atom. The van der Waals surface area contributed by atoms with E-state index in [0.717, 1.165) is 11.1 Å². The quantitative estimate of drug-likeness (QED) is 0.806. The molecule has 2 rings (SSSR count). The van der Waals surface area contributed by atoms with E-state index in [2.05, 4.69) is 32.3 Å². The minimum atomic E-state index is 0. The normalized spacial score (nSPS) is 19.6. The number of hydrogen-bond donors (Lipinski definition) is 1. The number of nitrogens with one attached hydrogen (secondary N) is 1. The largest absolute Gasteiger partial charge is 0.310 e. The Balaban J connectivity index is 0.000000845. The summed E-state index contributed by atoms with van der Waals surface area (Å²) >= 11 is 3.32. The van der Waals surface area contributed by atoms with E-state index in [-0.39, 0.29) is 24.8 Å². The second-order valence-electron chi connectivity index (χ2n) is 3.06. The summed E-state index contributed by atoms with van der Waals surface area (Å²) in [6, 6.07) is 4.65. The fraction of sp³-hybridized carbons (Fsp3) is 0.444. The summed E-state index contributed by atoms with van der Waals surface area (Å²) in [6.45, 7) is 1.14. The Kier molecular flexibility index (Phi) is 6.70. The second kappa shape index (κ2) is 6.62. The van der Waals surface area contributed by atoms with Crippen LogP contribution in [0.15, 0.2) is 22.9 Å². The number of aromatic nitrogens is 1. The molecule has 0 amide bonds. The Bertz CT molecular complexity index is 260. The van der Waals surface area contributed by atoms with Crippen molar-refractivity contribution >= 4 is 40.7 Å². The fourth-order valence-corrected chi connectivity index (χ4v) is 1.80. The van der Waals surface area contributed by atoms with Crippen LogP contribution in [0.1, 0.15) is 24.4 Å². The summed E-state index contributed by atoms with van der Waals surface area (Å²) in [7, 11) is 0. The predicted octanol–water partition coefficient (Wildman–Crippen LogP) is 3.11. The summed E-state index contributed by atoms with van der Waals surface area (Å²) in [4.78, 5) is 4.20. The zero-order valence-electron chi connectivity index (χ0n) is 7.57. The van der Waals surface area contributed by atoms with Crippen LogP contribution in [0.5, 0.6) is 0 Å². The minimum absolute atomic E-state index is 0. The Hall–Kier alpha value is 0.170. The van der Waals surface area contributed by atoms with E-state index in [1.807, 2.05) is 12.3 Å². The molecule has 14 heavy (non-hydrogen) atoms. The summed E-state index contributed by atoms with van der Waals surface area (Å²) in [5, 5.41) is 3.44. The molecule has 1 N–H and O–H groups in total. The molecule has 0 spiro atoms. The first-order valence-electron chi connectivity index (χ1n) is 4.21. The highest BCUT2D eigenvalue weighted by atomic mass is 79.9. The van der Waals surface area contributed by atoms with Gasteiger partial charge in [0.2, 0.25) is 0 Å². The number of rotatable bonds is 1. The lowest BCUT2D eigenvalue weighted by molar-refractivity contribution is 0.644. The van der Waals surface area contributed by atoms with Gasteiger partial charge in [0.15, 0.2) is 0 Å². The van der Waals surface area contributed by atoms with Crippen molar-refractivity contribution < 1.29 is 0 Å². The molecule has 2 heterocycles. The van der Waals surface area contributed by atoms with Gasteiger partial charge in [-0.25, -0.2) is 4.98 Å². The first-order chi connectivity index (χ1) is 5.86. The summed E-state index contributed by atoms with van der Waals surface area (Å²) in [6.07, 6.45) is 4.46. The molecule has 0 aromatic carbocycles. The van der Waals surface area contributed by atoms with Crippen LogP contribution in [-0.2, 0) is 0 Å². The van der Waals surface area contributed by atoms with E-state index in [1.165, 1.54) is 18.4 Å². The molecule has 0 radical (unpaired) electrons. The lowest BCUT2D eigenvalue weighted by Gasteiger charge is -2.08. The lowest BCUT2D eigenvalue weighted by Crippen LogP contribution is -2.12. The molecule has 5 heteroatoms. The molecule has 0 saturated carbocycles. The molecule has 1 atom stereocenters. The van der Waals surface area contributed by atoms with Gasteiger partial charge in [0.25, 0.3) is 0 Å². The lowest BCUT2D eigenvalue weighted by atomic mass is 10.1. The van der Waals surface area contributed by atoms with E-state index in [9.17, 15) is 0 Å². The number of halogens is 3. The average molecular weight is 300 g/mol. The van der Waals surface area contributed by atoms with Crippen molar-refractivity contribution in [1.82, 2.24) is 10.3 Å². The zero-order chi connectivity index (χ0) is 8.39. The molecule has 1 aliphatic rings. The highest BCUT2D eigenvalue weighted by Gasteiger charge is 2.15. The van der Waals surface area contributed by atoms with Crippen LogP contribution < -0.4 is 5.32 Å². The molecule has 2 nitrogen and oxygen atoms in total. The SMILES string of the molecule is Brc1ccc(C2CCCN2)cn1.Cl.Cl. The molecule has 80 valence electrons. The van der Waals surface area contributed by atoms with E-state index >= 15 is 0 Å². The van der Waals surface area contributed by atoms with E-state index in [4.69, 9.17) is 0 Å². The van der Waals surface area contributed by atoms with Gasteiger partial charge in [0, 0.05) is 12.2 Å². The summed E-state index contributed by atoms with van der Waals surface area (Å²) < 4.78 is 0.907. The van der Waals surface area contributed by atoms with E-state index in [0.29, 0.717) is 6.04 Å².